The van der Waals surface area contributed by atoms with E-state index in [0.717, 1.165) is 28.0 Å². The van der Waals surface area contributed by atoms with Gasteiger partial charge in [0.1, 0.15) is 12.4 Å². The summed E-state index contributed by atoms with van der Waals surface area (Å²) in [7, 11) is 1.61. The van der Waals surface area contributed by atoms with Crippen molar-refractivity contribution < 1.29 is 9.13 Å². The predicted molar refractivity (Wildman–Crippen MR) is 114 cm³/mol. The molecule has 0 bridgehead atoms. The molecule has 0 aliphatic heterocycles. The Bertz CT molecular complexity index is 984. The van der Waals surface area contributed by atoms with E-state index < -0.39 is 12.2 Å². The number of hydrogen-bond donors (Lipinski definition) is 0. The Morgan fingerprint density at radius 3 is 2.03 bits per heavy atom. The number of ether oxygens (including phenoxy) is 1. The monoisotopic (exact) mass is 386 g/mol. The fourth-order valence-electron chi connectivity index (χ4n) is 3.30. The summed E-state index contributed by atoms with van der Waals surface area (Å²) in [5.74, 6) is 0.759. The van der Waals surface area contributed by atoms with Crippen molar-refractivity contribution in [3.8, 4) is 11.8 Å². The van der Waals surface area contributed by atoms with Crippen molar-refractivity contribution in [1.82, 2.24) is 0 Å². The van der Waals surface area contributed by atoms with Gasteiger partial charge < -0.3 is 4.74 Å². The van der Waals surface area contributed by atoms with E-state index >= 15 is 0 Å². The SMILES string of the molecule is COc1ccc(CC(C#N)(CF)N=C(c2ccccc2)c2ccccc2)cc1C. The van der Waals surface area contributed by atoms with Crippen molar-refractivity contribution in [1.29, 1.82) is 5.26 Å². The fourth-order valence-corrected chi connectivity index (χ4v) is 3.30. The third-order valence-corrected chi connectivity index (χ3v) is 4.81. The molecule has 3 nitrogen and oxygen atoms in total. The second-order valence-electron chi connectivity index (χ2n) is 6.95. The van der Waals surface area contributed by atoms with E-state index in [0.29, 0.717) is 5.71 Å². The maximum absolute atomic E-state index is 14.3. The van der Waals surface area contributed by atoms with Crippen LogP contribution in [0.3, 0.4) is 0 Å². The zero-order chi connectivity index (χ0) is 20.7. The van der Waals surface area contributed by atoms with Gasteiger partial charge in [-0.15, -0.1) is 0 Å². The molecule has 146 valence electrons. The van der Waals surface area contributed by atoms with Crippen LogP contribution in [0.2, 0.25) is 0 Å². The summed E-state index contributed by atoms with van der Waals surface area (Å²) in [6.07, 6.45) is 0.175. The number of aliphatic imine (C=N–C) groups is 1. The largest absolute Gasteiger partial charge is 0.496 e. The Balaban J connectivity index is 2.08. The lowest BCUT2D eigenvalue weighted by atomic mass is 9.91. The second-order valence-corrected chi connectivity index (χ2v) is 6.95. The third-order valence-electron chi connectivity index (χ3n) is 4.81. The van der Waals surface area contributed by atoms with Crippen molar-refractivity contribution in [2.75, 3.05) is 13.8 Å². The van der Waals surface area contributed by atoms with Gasteiger partial charge in [0.25, 0.3) is 0 Å². The molecule has 3 rings (SSSR count). The number of alkyl halides is 1. The minimum absolute atomic E-state index is 0.175. The normalized spacial score (nSPS) is 12.5. The first-order valence-corrected chi connectivity index (χ1v) is 9.42. The summed E-state index contributed by atoms with van der Waals surface area (Å²) in [6, 6.07) is 26.9. The molecule has 3 aromatic carbocycles. The molecule has 0 fully saturated rings. The Labute approximate surface area is 171 Å². The number of methoxy groups -OCH3 is 1. The van der Waals surface area contributed by atoms with E-state index in [2.05, 4.69) is 6.07 Å². The van der Waals surface area contributed by atoms with Gasteiger partial charge in [0.15, 0.2) is 5.54 Å². The van der Waals surface area contributed by atoms with Crippen LogP contribution in [-0.4, -0.2) is 25.0 Å². The molecule has 0 saturated heterocycles. The molecule has 0 radical (unpaired) electrons. The molecule has 0 saturated carbocycles. The maximum Gasteiger partial charge on any atom is 0.179 e. The first-order chi connectivity index (χ1) is 14.1. The summed E-state index contributed by atoms with van der Waals surface area (Å²) in [5, 5.41) is 9.93. The summed E-state index contributed by atoms with van der Waals surface area (Å²) in [5.41, 5.74) is 2.56. The smallest absolute Gasteiger partial charge is 0.179 e. The maximum atomic E-state index is 14.3. The van der Waals surface area contributed by atoms with Gasteiger partial charge in [-0.05, 0) is 24.1 Å². The minimum atomic E-state index is -1.51. The second kappa shape index (κ2) is 9.16. The topological polar surface area (TPSA) is 45.4 Å². The lowest BCUT2D eigenvalue weighted by molar-refractivity contribution is 0.368. The molecule has 1 atom stereocenters. The molecule has 0 aliphatic carbocycles. The average molecular weight is 386 g/mol. The van der Waals surface area contributed by atoms with Crippen LogP contribution in [0.15, 0.2) is 83.9 Å². The lowest BCUT2D eigenvalue weighted by Gasteiger charge is -2.22. The van der Waals surface area contributed by atoms with Crippen molar-refractivity contribution >= 4 is 5.71 Å². The highest BCUT2D eigenvalue weighted by molar-refractivity contribution is 6.13. The van der Waals surface area contributed by atoms with Gasteiger partial charge in [0.2, 0.25) is 0 Å². The van der Waals surface area contributed by atoms with Gasteiger partial charge in [0.05, 0.1) is 18.9 Å². The first-order valence-electron chi connectivity index (χ1n) is 9.42. The number of benzene rings is 3. The zero-order valence-corrected chi connectivity index (χ0v) is 16.6. The molecule has 0 spiro atoms. The van der Waals surface area contributed by atoms with Gasteiger partial charge in [0, 0.05) is 17.5 Å². The summed E-state index contributed by atoms with van der Waals surface area (Å²) >= 11 is 0. The van der Waals surface area contributed by atoms with Gasteiger partial charge >= 0.3 is 0 Å². The zero-order valence-electron chi connectivity index (χ0n) is 16.6. The van der Waals surface area contributed by atoms with Crippen LogP contribution >= 0.6 is 0 Å². The number of halogens is 1. The van der Waals surface area contributed by atoms with Crippen LogP contribution < -0.4 is 4.74 Å². The van der Waals surface area contributed by atoms with E-state index in [1.165, 1.54) is 0 Å². The average Bonchev–Trinajstić information content (AvgIpc) is 2.78. The highest BCUT2D eigenvalue weighted by Crippen LogP contribution is 2.25. The van der Waals surface area contributed by atoms with E-state index in [-0.39, 0.29) is 6.42 Å². The van der Waals surface area contributed by atoms with Crippen molar-refractivity contribution in [3.05, 3.63) is 101 Å². The molecule has 3 aromatic rings. The van der Waals surface area contributed by atoms with E-state index in [4.69, 9.17) is 9.73 Å². The molecule has 29 heavy (non-hydrogen) atoms. The third kappa shape index (κ3) is 4.70. The Morgan fingerprint density at radius 2 is 1.59 bits per heavy atom. The van der Waals surface area contributed by atoms with Gasteiger partial charge in [-0.3, -0.25) is 4.99 Å². The summed E-state index contributed by atoms with van der Waals surface area (Å²) in [4.78, 5) is 4.70. The highest BCUT2D eigenvalue weighted by atomic mass is 19.1. The molecule has 0 aliphatic rings. The van der Waals surface area contributed by atoms with Gasteiger partial charge in [-0.25, -0.2) is 4.39 Å². The van der Waals surface area contributed by atoms with Gasteiger partial charge in [-0.1, -0.05) is 72.8 Å². The van der Waals surface area contributed by atoms with E-state index in [1.807, 2.05) is 85.8 Å². The van der Waals surface area contributed by atoms with Crippen LogP contribution in [0.4, 0.5) is 4.39 Å². The van der Waals surface area contributed by atoms with Crippen LogP contribution in [0, 0.1) is 18.3 Å². The number of hydrogen-bond acceptors (Lipinski definition) is 3. The Morgan fingerprint density at radius 1 is 1.00 bits per heavy atom. The van der Waals surface area contributed by atoms with Crippen molar-refractivity contribution in [2.24, 2.45) is 4.99 Å². The summed E-state index contributed by atoms with van der Waals surface area (Å²) < 4.78 is 19.6. The summed E-state index contributed by atoms with van der Waals surface area (Å²) in [6.45, 7) is 1.05. The first kappa shape index (κ1) is 20.3. The molecule has 0 heterocycles. The number of aryl methyl sites for hydroxylation is 1. The quantitative estimate of drug-likeness (QED) is 0.516. The van der Waals surface area contributed by atoms with E-state index in [9.17, 15) is 9.65 Å². The molecule has 0 aromatic heterocycles. The Hall–Kier alpha value is -3.45. The van der Waals surface area contributed by atoms with E-state index in [1.54, 1.807) is 7.11 Å². The van der Waals surface area contributed by atoms with Crippen LogP contribution in [0.1, 0.15) is 22.3 Å². The molecular formula is C25H23FN2O. The van der Waals surface area contributed by atoms with Crippen LogP contribution in [0.25, 0.3) is 0 Å². The van der Waals surface area contributed by atoms with Crippen molar-refractivity contribution in [3.63, 3.8) is 0 Å². The fraction of sp³-hybridized carbons (Fsp3) is 0.200. The minimum Gasteiger partial charge on any atom is -0.496 e. The highest BCUT2D eigenvalue weighted by Gasteiger charge is 2.31. The van der Waals surface area contributed by atoms with Gasteiger partial charge in [-0.2, -0.15) is 5.26 Å². The van der Waals surface area contributed by atoms with Crippen molar-refractivity contribution in [2.45, 2.75) is 18.9 Å². The van der Waals surface area contributed by atoms with Crippen LogP contribution in [0.5, 0.6) is 5.75 Å². The molecule has 0 amide bonds. The number of nitriles is 1. The Kier molecular flexibility index (Phi) is 6.41. The molecular weight excluding hydrogens is 363 g/mol. The molecule has 0 N–H and O–H groups in total. The molecule has 1 unspecified atom stereocenters. The van der Waals surface area contributed by atoms with Crippen LogP contribution in [-0.2, 0) is 6.42 Å². The molecule has 4 heteroatoms. The predicted octanol–water partition coefficient (Wildman–Crippen LogP) is 5.32. The number of nitrogens with zero attached hydrogens (tertiary/aromatic N) is 2. The standard InChI is InChI=1S/C25H23FN2O/c1-19-15-20(13-14-23(19)29-2)16-25(17-26,18-27)28-24(21-9-5-3-6-10-21)22-11-7-4-8-12-22/h3-15H,16-17H2,1-2H3. The number of rotatable bonds is 7. The lowest BCUT2D eigenvalue weighted by Crippen LogP contribution is -2.32.